The minimum absolute atomic E-state index is 0.0661. The maximum Gasteiger partial charge on any atom is 0.316 e. The number of methoxy groups -OCH3 is 1. The molecule has 328 valence electrons. The number of carbonyl (C=O) groups is 4. The predicted molar refractivity (Wildman–Crippen MR) is 207 cm³/mol. The molecule has 5 aliphatic rings. The van der Waals surface area contributed by atoms with Gasteiger partial charge < -0.3 is 63.6 Å². The van der Waals surface area contributed by atoms with Crippen molar-refractivity contribution >= 4 is 23.3 Å². The number of Topliss-reactive ketones (excluding diaryl/α,β-unsaturated/α-hetero) is 1. The molecule has 0 radical (unpaired) electrons. The maximum absolute atomic E-state index is 14.0. The summed E-state index contributed by atoms with van der Waals surface area (Å²) in [6.07, 6.45) is -7.97. The van der Waals surface area contributed by atoms with Crippen LogP contribution in [-0.4, -0.2) is 148 Å². The molecule has 2 aromatic rings. The Morgan fingerprint density at radius 2 is 1.48 bits per heavy atom. The first-order valence-electron chi connectivity index (χ1n) is 20.4. The molecule has 0 spiro atoms. The molecule has 17 heteroatoms. The first-order chi connectivity index (χ1) is 28.3. The van der Waals surface area contributed by atoms with Crippen LogP contribution in [0.5, 0.6) is 11.5 Å². The number of phenolic OH excluding ortho intramolecular Hbond substituents is 2. The molecule has 0 aromatic heterocycles. The zero-order valence-electron chi connectivity index (χ0n) is 34.7. The van der Waals surface area contributed by atoms with Gasteiger partial charge in [0.05, 0.1) is 60.5 Å². The van der Waals surface area contributed by atoms with E-state index in [9.17, 15) is 44.7 Å². The van der Waals surface area contributed by atoms with E-state index in [0.717, 1.165) is 7.11 Å². The second-order valence-electron chi connectivity index (χ2n) is 17.0. The lowest BCUT2D eigenvalue weighted by Crippen LogP contribution is -2.58. The SMILES string of the molecule is COC(=O)[C@H]1c2cc3c(c(O)c2[C@@H](O[C@@H]2C[C@H](N(C)C)[C@@H](O[C@H]4C[C@H](O)[C@H](O[C@H]5CC[C@@H](O)[C@H](C)O5)[C@H](C)O4)[C@H](C)O2)C[C@@]1(O)CC(C)=O)C(=O)c1c(O)cccc1C3=O. The molecule has 0 amide bonds. The minimum Gasteiger partial charge on any atom is -0.507 e. The highest BCUT2D eigenvalue weighted by Gasteiger charge is 2.55. The quantitative estimate of drug-likeness (QED) is 0.184. The van der Waals surface area contributed by atoms with Crippen LogP contribution in [0.25, 0.3) is 0 Å². The number of likely N-dealkylation sites (N-methyl/N-ethyl adjacent to an activating group) is 1. The average molecular weight is 842 g/mol. The first kappa shape index (κ1) is 44.2. The number of carbonyl (C=O) groups excluding carboxylic acids is 4. The summed E-state index contributed by atoms with van der Waals surface area (Å²) in [5.74, 6) is -5.65. The second kappa shape index (κ2) is 17.1. The van der Waals surface area contributed by atoms with Gasteiger partial charge in [-0.1, -0.05) is 12.1 Å². The van der Waals surface area contributed by atoms with Crippen LogP contribution in [0.4, 0.5) is 0 Å². The Morgan fingerprint density at radius 3 is 2.12 bits per heavy atom. The summed E-state index contributed by atoms with van der Waals surface area (Å²) in [5.41, 5.74) is -3.33. The van der Waals surface area contributed by atoms with E-state index < -0.39 is 132 Å². The fraction of sp³-hybridized carbons (Fsp3) is 0.628. The van der Waals surface area contributed by atoms with Crippen molar-refractivity contribution in [2.24, 2.45) is 0 Å². The van der Waals surface area contributed by atoms with Crippen molar-refractivity contribution in [3.05, 3.63) is 57.6 Å². The predicted octanol–water partition coefficient (Wildman–Crippen LogP) is 2.52. The summed E-state index contributed by atoms with van der Waals surface area (Å²) in [6.45, 7) is 6.57. The van der Waals surface area contributed by atoms with E-state index in [1.54, 1.807) is 20.8 Å². The first-order valence-corrected chi connectivity index (χ1v) is 20.4. The van der Waals surface area contributed by atoms with Gasteiger partial charge in [-0.3, -0.25) is 19.2 Å². The lowest BCUT2D eigenvalue weighted by molar-refractivity contribution is -0.328. The molecule has 3 aliphatic heterocycles. The largest absolute Gasteiger partial charge is 0.507 e. The number of hydrogen-bond donors (Lipinski definition) is 5. The molecular weight excluding hydrogens is 786 g/mol. The Labute approximate surface area is 347 Å². The number of aliphatic hydroxyl groups is 3. The van der Waals surface area contributed by atoms with Gasteiger partial charge in [-0.25, -0.2) is 0 Å². The number of aliphatic hydroxyl groups excluding tert-OH is 2. The molecule has 0 bridgehead atoms. The zero-order valence-corrected chi connectivity index (χ0v) is 34.7. The van der Waals surface area contributed by atoms with Crippen LogP contribution in [0.2, 0.25) is 0 Å². The van der Waals surface area contributed by atoms with Crippen LogP contribution in [0.1, 0.15) is 121 Å². The molecule has 3 heterocycles. The Kier molecular flexibility index (Phi) is 12.6. The number of aromatic hydroxyl groups is 2. The van der Waals surface area contributed by atoms with E-state index in [2.05, 4.69) is 0 Å². The summed E-state index contributed by atoms with van der Waals surface area (Å²) < 4.78 is 42.7. The number of ether oxygens (including phenoxy) is 7. The standard InChI is InChI=1S/C43H55NO16/c1-18(45)16-43(53)17-29(34-23(36(43)42(52)54-7)13-24-35(39(34)51)38(50)33-22(37(24)49)9-8-10-27(33)47)58-31-14-25(44(5)6)40(20(3)56-31)60-32-15-28(48)41(21(4)57-32)59-30-12-11-26(46)19(2)55-30/h8-10,13,19-21,25-26,28-32,36,40-41,46-48,51,53H,11-12,14-17H2,1-7H3/t19-,20-,21-,25-,26+,28-,29-,30-,31+,32-,36+,40-,41+,43-/m0/s1. The maximum atomic E-state index is 14.0. The summed E-state index contributed by atoms with van der Waals surface area (Å²) in [7, 11) is 4.79. The fourth-order valence-electron chi connectivity index (χ4n) is 9.63. The second-order valence-corrected chi connectivity index (χ2v) is 17.0. The third-order valence-corrected chi connectivity index (χ3v) is 12.5. The highest BCUT2D eigenvalue weighted by atomic mass is 16.7. The van der Waals surface area contributed by atoms with E-state index in [1.165, 1.54) is 31.2 Å². The molecule has 3 saturated heterocycles. The summed E-state index contributed by atoms with van der Waals surface area (Å²) in [5, 5.41) is 56.1. The molecule has 14 atom stereocenters. The molecule has 5 N–H and O–H groups in total. The number of phenols is 2. The third kappa shape index (κ3) is 8.12. The van der Waals surface area contributed by atoms with Crippen LogP contribution < -0.4 is 0 Å². The van der Waals surface area contributed by atoms with E-state index in [1.807, 2.05) is 19.0 Å². The number of esters is 1. The van der Waals surface area contributed by atoms with Gasteiger partial charge >= 0.3 is 5.97 Å². The average Bonchev–Trinajstić information content (AvgIpc) is 3.16. The van der Waals surface area contributed by atoms with Crippen molar-refractivity contribution in [2.75, 3.05) is 21.2 Å². The third-order valence-electron chi connectivity index (χ3n) is 12.5. The van der Waals surface area contributed by atoms with Crippen molar-refractivity contribution in [3.8, 4) is 11.5 Å². The number of hydrogen-bond acceptors (Lipinski definition) is 17. The van der Waals surface area contributed by atoms with Gasteiger partial charge in [-0.2, -0.15) is 0 Å². The summed E-state index contributed by atoms with van der Waals surface area (Å²) >= 11 is 0. The topological polar surface area (TPSA) is 237 Å². The Bertz CT molecular complexity index is 1990. The summed E-state index contributed by atoms with van der Waals surface area (Å²) in [4.78, 5) is 55.9. The number of benzene rings is 2. The molecule has 2 aliphatic carbocycles. The number of rotatable bonds is 10. The minimum atomic E-state index is -2.12. The van der Waals surface area contributed by atoms with E-state index in [0.29, 0.717) is 12.8 Å². The number of nitrogens with zero attached hydrogens (tertiary/aromatic N) is 1. The molecule has 60 heavy (non-hydrogen) atoms. The number of ketones is 3. The lowest BCUT2D eigenvalue weighted by atomic mass is 9.66. The summed E-state index contributed by atoms with van der Waals surface area (Å²) in [6, 6.07) is 4.88. The molecule has 0 saturated carbocycles. The highest BCUT2D eigenvalue weighted by molar-refractivity contribution is 6.30. The van der Waals surface area contributed by atoms with Crippen molar-refractivity contribution in [3.63, 3.8) is 0 Å². The molecule has 17 nitrogen and oxygen atoms in total. The van der Waals surface area contributed by atoms with Crippen molar-refractivity contribution < 1.29 is 77.9 Å². The Morgan fingerprint density at radius 1 is 0.833 bits per heavy atom. The van der Waals surface area contributed by atoms with Crippen LogP contribution in [0.3, 0.4) is 0 Å². The molecule has 0 unspecified atom stereocenters. The van der Waals surface area contributed by atoms with Gasteiger partial charge in [0.1, 0.15) is 35.4 Å². The van der Waals surface area contributed by atoms with Crippen molar-refractivity contribution in [1.82, 2.24) is 4.90 Å². The molecule has 3 fully saturated rings. The molecule has 7 rings (SSSR count). The van der Waals surface area contributed by atoms with Gasteiger partial charge in [-0.15, -0.1) is 0 Å². The Hall–Kier alpha value is -3.88. The van der Waals surface area contributed by atoms with Gasteiger partial charge in [0, 0.05) is 54.8 Å². The van der Waals surface area contributed by atoms with Crippen LogP contribution in [0.15, 0.2) is 24.3 Å². The van der Waals surface area contributed by atoms with Crippen LogP contribution in [-0.2, 0) is 42.7 Å². The van der Waals surface area contributed by atoms with Gasteiger partial charge in [0.2, 0.25) is 5.78 Å². The van der Waals surface area contributed by atoms with E-state index in [4.69, 9.17) is 33.2 Å². The van der Waals surface area contributed by atoms with Crippen molar-refractivity contribution in [1.29, 1.82) is 0 Å². The van der Waals surface area contributed by atoms with Crippen LogP contribution in [0, 0.1) is 0 Å². The highest BCUT2D eigenvalue weighted by Crippen LogP contribution is 2.54. The van der Waals surface area contributed by atoms with Gasteiger partial charge in [0.25, 0.3) is 0 Å². The lowest BCUT2D eigenvalue weighted by Gasteiger charge is -2.48. The van der Waals surface area contributed by atoms with E-state index >= 15 is 0 Å². The zero-order chi connectivity index (χ0) is 43.5. The van der Waals surface area contributed by atoms with E-state index in [-0.39, 0.29) is 46.7 Å². The number of fused-ring (bicyclic) bond motifs is 3. The fourth-order valence-corrected chi connectivity index (χ4v) is 9.63. The molecular formula is C43H55NO16. The van der Waals surface area contributed by atoms with Crippen LogP contribution >= 0.6 is 0 Å². The normalized spacial score (nSPS) is 36.6. The van der Waals surface area contributed by atoms with Gasteiger partial charge in [0.15, 0.2) is 24.7 Å². The monoisotopic (exact) mass is 841 g/mol. The Balaban J connectivity index is 1.16. The van der Waals surface area contributed by atoms with Gasteiger partial charge in [-0.05, 0) is 65.9 Å². The van der Waals surface area contributed by atoms with Crippen molar-refractivity contribution in [2.45, 2.75) is 151 Å². The molecule has 2 aromatic carbocycles. The smallest absolute Gasteiger partial charge is 0.316 e.